The molecule has 94 valence electrons. The minimum atomic E-state index is -2.99. The molecular formula is C9H13N3O4S. The number of sulfone groups is 1. The number of amides is 2. The standard InChI is InChI=1S/C9H13N3O4S/c1-12(7-3-5-17(14,15)6-7)9(13)11-8-2-4-10-16-8/h2,4,7H,3,5-6H2,1H3,(H,11,13). The topological polar surface area (TPSA) is 92.5 Å². The van der Waals surface area contributed by atoms with Gasteiger partial charge in [-0.05, 0) is 6.42 Å². The first-order valence-corrected chi connectivity index (χ1v) is 6.95. The third kappa shape index (κ3) is 2.76. The second-order valence-corrected chi connectivity index (χ2v) is 6.20. The maximum Gasteiger partial charge on any atom is 0.324 e. The summed E-state index contributed by atoms with van der Waals surface area (Å²) in [4.78, 5) is 13.1. The number of hydrogen-bond acceptors (Lipinski definition) is 5. The van der Waals surface area contributed by atoms with Gasteiger partial charge in [0.2, 0.25) is 5.88 Å². The Morgan fingerprint density at radius 1 is 1.65 bits per heavy atom. The van der Waals surface area contributed by atoms with Crippen LogP contribution in [0, 0.1) is 0 Å². The fourth-order valence-electron chi connectivity index (χ4n) is 1.72. The van der Waals surface area contributed by atoms with E-state index < -0.39 is 15.9 Å². The Hall–Kier alpha value is -1.57. The molecule has 1 unspecified atom stereocenters. The van der Waals surface area contributed by atoms with E-state index in [9.17, 15) is 13.2 Å². The molecule has 7 nitrogen and oxygen atoms in total. The van der Waals surface area contributed by atoms with Gasteiger partial charge < -0.3 is 9.42 Å². The smallest absolute Gasteiger partial charge is 0.324 e. The summed E-state index contributed by atoms with van der Waals surface area (Å²) < 4.78 is 27.3. The van der Waals surface area contributed by atoms with Crippen molar-refractivity contribution in [1.29, 1.82) is 0 Å². The van der Waals surface area contributed by atoms with E-state index >= 15 is 0 Å². The van der Waals surface area contributed by atoms with Gasteiger partial charge in [0.25, 0.3) is 0 Å². The number of urea groups is 1. The van der Waals surface area contributed by atoms with E-state index in [1.807, 2.05) is 0 Å². The Morgan fingerprint density at radius 2 is 2.41 bits per heavy atom. The lowest BCUT2D eigenvalue weighted by atomic mass is 10.2. The van der Waals surface area contributed by atoms with Crippen LogP contribution in [0.25, 0.3) is 0 Å². The maximum absolute atomic E-state index is 11.7. The second kappa shape index (κ2) is 4.36. The van der Waals surface area contributed by atoms with Crippen molar-refractivity contribution in [2.75, 3.05) is 23.9 Å². The Kier molecular flexibility index (Phi) is 3.05. The summed E-state index contributed by atoms with van der Waals surface area (Å²) in [5.74, 6) is 0.396. The average Bonchev–Trinajstić information content (AvgIpc) is 2.86. The van der Waals surface area contributed by atoms with Gasteiger partial charge >= 0.3 is 6.03 Å². The minimum absolute atomic E-state index is 0.0212. The lowest BCUT2D eigenvalue weighted by Gasteiger charge is -2.22. The molecule has 1 atom stereocenters. The maximum atomic E-state index is 11.7. The summed E-state index contributed by atoms with van der Waals surface area (Å²) in [6.07, 6.45) is 1.89. The van der Waals surface area contributed by atoms with Gasteiger partial charge in [0, 0.05) is 19.2 Å². The molecule has 0 radical (unpaired) electrons. The summed E-state index contributed by atoms with van der Waals surface area (Å²) in [5, 5.41) is 5.94. The summed E-state index contributed by atoms with van der Waals surface area (Å²) in [7, 11) is -1.43. The Balaban J connectivity index is 1.96. The van der Waals surface area contributed by atoms with E-state index in [1.54, 1.807) is 7.05 Å². The molecule has 1 saturated heterocycles. The highest BCUT2D eigenvalue weighted by Gasteiger charge is 2.32. The predicted octanol–water partition coefficient (Wildman–Crippen LogP) is 0.325. The molecule has 8 heteroatoms. The molecule has 1 aliphatic rings. The monoisotopic (exact) mass is 259 g/mol. The summed E-state index contributed by atoms with van der Waals surface area (Å²) in [6.45, 7) is 0. The number of nitrogens with zero attached hydrogens (tertiary/aromatic N) is 2. The first-order chi connectivity index (χ1) is 7.98. The molecule has 0 aromatic carbocycles. The molecule has 1 aromatic rings. The van der Waals surface area contributed by atoms with Gasteiger partial charge in [0.1, 0.15) is 0 Å². The van der Waals surface area contributed by atoms with E-state index in [-0.39, 0.29) is 23.4 Å². The Morgan fingerprint density at radius 3 is 2.94 bits per heavy atom. The second-order valence-electron chi connectivity index (χ2n) is 3.97. The molecule has 0 aliphatic carbocycles. The third-order valence-corrected chi connectivity index (χ3v) is 4.49. The highest BCUT2D eigenvalue weighted by atomic mass is 32.2. The van der Waals surface area contributed by atoms with Crippen molar-refractivity contribution in [3.05, 3.63) is 12.3 Å². The first kappa shape index (κ1) is 11.9. The van der Waals surface area contributed by atoms with Crippen molar-refractivity contribution in [3.63, 3.8) is 0 Å². The van der Waals surface area contributed by atoms with Crippen molar-refractivity contribution >= 4 is 21.8 Å². The fraction of sp³-hybridized carbons (Fsp3) is 0.556. The molecule has 1 N–H and O–H groups in total. The summed E-state index contributed by atoms with van der Waals surface area (Å²) in [6, 6.07) is 0.837. The van der Waals surface area contributed by atoms with Gasteiger partial charge in [0.15, 0.2) is 9.84 Å². The molecule has 2 amide bonds. The number of nitrogens with one attached hydrogen (secondary N) is 1. The molecular weight excluding hydrogens is 246 g/mol. The van der Waals surface area contributed by atoms with Crippen LogP contribution in [0.4, 0.5) is 10.7 Å². The van der Waals surface area contributed by atoms with E-state index in [4.69, 9.17) is 4.52 Å². The van der Waals surface area contributed by atoms with Crippen LogP contribution >= 0.6 is 0 Å². The molecule has 2 heterocycles. The lowest BCUT2D eigenvalue weighted by Crippen LogP contribution is -2.40. The number of anilines is 1. The van der Waals surface area contributed by atoms with Crippen LogP contribution in [-0.4, -0.2) is 49.1 Å². The van der Waals surface area contributed by atoms with Gasteiger partial charge in [-0.3, -0.25) is 5.32 Å². The average molecular weight is 259 g/mol. The van der Waals surface area contributed by atoms with Crippen LogP contribution in [0.2, 0.25) is 0 Å². The van der Waals surface area contributed by atoms with Gasteiger partial charge in [0.05, 0.1) is 17.7 Å². The molecule has 0 bridgehead atoms. The molecule has 1 aliphatic heterocycles. The van der Waals surface area contributed by atoms with E-state index in [0.29, 0.717) is 6.42 Å². The summed E-state index contributed by atoms with van der Waals surface area (Å²) in [5.41, 5.74) is 0. The number of rotatable bonds is 2. The van der Waals surface area contributed by atoms with Gasteiger partial charge in [-0.15, -0.1) is 0 Å². The van der Waals surface area contributed by atoms with Crippen LogP contribution in [0.5, 0.6) is 0 Å². The zero-order chi connectivity index (χ0) is 12.5. The quantitative estimate of drug-likeness (QED) is 0.826. The molecule has 0 spiro atoms. The van der Waals surface area contributed by atoms with Crippen LogP contribution in [0.3, 0.4) is 0 Å². The number of aromatic nitrogens is 1. The van der Waals surface area contributed by atoms with Crippen LogP contribution in [0.15, 0.2) is 16.8 Å². The predicted molar refractivity (Wildman–Crippen MR) is 60.3 cm³/mol. The van der Waals surface area contributed by atoms with Crippen molar-refractivity contribution in [2.24, 2.45) is 0 Å². The van der Waals surface area contributed by atoms with E-state index in [1.165, 1.54) is 17.2 Å². The SMILES string of the molecule is CN(C(=O)Nc1ccno1)C1CCS(=O)(=O)C1. The molecule has 17 heavy (non-hydrogen) atoms. The number of carbonyl (C=O) groups is 1. The largest absolute Gasteiger partial charge is 0.338 e. The minimum Gasteiger partial charge on any atom is -0.338 e. The normalized spacial score (nSPS) is 22.3. The van der Waals surface area contributed by atoms with Crippen molar-refractivity contribution in [1.82, 2.24) is 10.1 Å². The Labute approximate surface area is 98.7 Å². The van der Waals surface area contributed by atoms with E-state index in [2.05, 4.69) is 10.5 Å². The molecule has 0 saturated carbocycles. The van der Waals surface area contributed by atoms with Crippen molar-refractivity contribution < 1.29 is 17.7 Å². The van der Waals surface area contributed by atoms with Crippen LogP contribution in [-0.2, 0) is 9.84 Å². The summed E-state index contributed by atoms with van der Waals surface area (Å²) >= 11 is 0. The fourth-order valence-corrected chi connectivity index (χ4v) is 3.49. The van der Waals surface area contributed by atoms with Gasteiger partial charge in [-0.25, -0.2) is 13.2 Å². The zero-order valence-corrected chi connectivity index (χ0v) is 10.1. The molecule has 1 aromatic heterocycles. The third-order valence-electron chi connectivity index (χ3n) is 2.74. The van der Waals surface area contributed by atoms with Crippen LogP contribution < -0.4 is 5.32 Å². The first-order valence-electron chi connectivity index (χ1n) is 5.13. The number of hydrogen-bond donors (Lipinski definition) is 1. The van der Waals surface area contributed by atoms with Gasteiger partial charge in [-0.2, -0.15) is 0 Å². The van der Waals surface area contributed by atoms with Crippen LogP contribution in [0.1, 0.15) is 6.42 Å². The van der Waals surface area contributed by atoms with Crippen molar-refractivity contribution in [3.8, 4) is 0 Å². The van der Waals surface area contributed by atoms with Crippen molar-refractivity contribution in [2.45, 2.75) is 12.5 Å². The highest BCUT2D eigenvalue weighted by Crippen LogP contribution is 2.17. The number of carbonyl (C=O) groups excluding carboxylic acids is 1. The molecule has 1 fully saturated rings. The highest BCUT2D eigenvalue weighted by molar-refractivity contribution is 7.91. The lowest BCUT2D eigenvalue weighted by molar-refractivity contribution is 0.208. The zero-order valence-electron chi connectivity index (χ0n) is 9.29. The Bertz CT molecular complexity index is 496. The van der Waals surface area contributed by atoms with E-state index in [0.717, 1.165) is 0 Å². The van der Waals surface area contributed by atoms with Gasteiger partial charge in [-0.1, -0.05) is 5.16 Å². The molecule has 2 rings (SSSR count).